The molecule has 0 aromatic rings. The van der Waals surface area contributed by atoms with E-state index in [0.29, 0.717) is 17.3 Å². The van der Waals surface area contributed by atoms with Crippen molar-refractivity contribution in [1.82, 2.24) is 0 Å². The van der Waals surface area contributed by atoms with Gasteiger partial charge < -0.3 is 5.11 Å². The normalized spacial score (nSPS) is 53.8. The van der Waals surface area contributed by atoms with Gasteiger partial charge in [0.05, 0.1) is 5.60 Å². The molecular formula is C12H22O. The quantitative estimate of drug-likeness (QED) is 0.611. The third-order valence-electron chi connectivity index (χ3n) is 5.21. The van der Waals surface area contributed by atoms with E-state index in [2.05, 4.69) is 27.7 Å². The maximum atomic E-state index is 10.5. The van der Waals surface area contributed by atoms with E-state index in [1.165, 1.54) is 19.3 Å². The molecule has 2 aliphatic carbocycles. The van der Waals surface area contributed by atoms with Crippen LogP contribution in [0.15, 0.2) is 0 Å². The van der Waals surface area contributed by atoms with Crippen LogP contribution in [-0.2, 0) is 0 Å². The van der Waals surface area contributed by atoms with Crippen molar-refractivity contribution in [2.24, 2.45) is 23.2 Å². The van der Waals surface area contributed by atoms with Crippen molar-refractivity contribution in [2.45, 2.75) is 52.6 Å². The highest BCUT2D eigenvalue weighted by atomic mass is 16.3. The molecule has 76 valence electrons. The highest BCUT2D eigenvalue weighted by molar-refractivity contribution is 5.09. The molecule has 2 fully saturated rings. The Morgan fingerprint density at radius 1 is 1.08 bits per heavy atom. The SMILES string of the molecule is C[C@@H]1C(C)(C)[C@H]2CCC[C@@H]2[C@@]1(C)O. The fourth-order valence-corrected chi connectivity index (χ4v) is 3.95. The lowest BCUT2D eigenvalue weighted by Crippen LogP contribution is -2.37. The van der Waals surface area contributed by atoms with Crippen molar-refractivity contribution in [3.63, 3.8) is 0 Å². The van der Waals surface area contributed by atoms with Crippen LogP contribution >= 0.6 is 0 Å². The van der Waals surface area contributed by atoms with Crippen LogP contribution in [0.2, 0.25) is 0 Å². The molecule has 0 heterocycles. The molecular weight excluding hydrogens is 160 g/mol. The molecule has 0 unspecified atom stereocenters. The molecule has 13 heavy (non-hydrogen) atoms. The van der Waals surface area contributed by atoms with Crippen molar-refractivity contribution >= 4 is 0 Å². The molecule has 2 aliphatic rings. The molecule has 1 heteroatoms. The molecule has 4 atom stereocenters. The molecule has 1 nitrogen and oxygen atoms in total. The van der Waals surface area contributed by atoms with Gasteiger partial charge in [-0.15, -0.1) is 0 Å². The van der Waals surface area contributed by atoms with E-state index in [1.54, 1.807) is 0 Å². The second kappa shape index (κ2) is 2.50. The zero-order valence-electron chi connectivity index (χ0n) is 9.30. The van der Waals surface area contributed by atoms with Gasteiger partial charge in [-0.2, -0.15) is 0 Å². The summed E-state index contributed by atoms with van der Waals surface area (Å²) in [6, 6.07) is 0. The Bertz CT molecular complexity index is 195. The van der Waals surface area contributed by atoms with Crippen LogP contribution in [-0.4, -0.2) is 10.7 Å². The summed E-state index contributed by atoms with van der Waals surface area (Å²) in [5.41, 5.74) is -0.0741. The Morgan fingerprint density at radius 2 is 1.62 bits per heavy atom. The Kier molecular flexibility index (Phi) is 1.83. The largest absolute Gasteiger partial charge is 0.390 e. The van der Waals surface area contributed by atoms with Crippen molar-refractivity contribution in [2.75, 3.05) is 0 Å². The Balaban J connectivity index is 2.37. The average Bonchev–Trinajstić information content (AvgIpc) is 2.54. The fraction of sp³-hybridized carbons (Fsp3) is 1.00. The summed E-state index contributed by atoms with van der Waals surface area (Å²) in [5, 5.41) is 10.5. The summed E-state index contributed by atoms with van der Waals surface area (Å²) in [6.45, 7) is 8.94. The van der Waals surface area contributed by atoms with Gasteiger partial charge in [0.1, 0.15) is 0 Å². The smallest absolute Gasteiger partial charge is 0.0681 e. The van der Waals surface area contributed by atoms with Gasteiger partial charge in [0.2, 0.25) is 0 Å². The van der Waals surface area contributed by atoms with Crippen LogP contribution in [0.4, 0.5) is 0 Å². The maximum Gasteiger partial charge on any atom is 0.0681 e. The summed E-state index contributed by atoms with van der Waals surface area (Å²) < 4.78 is 0. The molecule has 2 rings (SSSR count). The summed E-state index contributed by atoms with van der Waals surface area (Å²) in [6.07, 6.45) is 3.89. The van der Waals surface area contributed by atoms with Gasteiger partial charge in [0, 0.05) is 0 Å². The minimum atomic E-state index is -0.412. The number of hydrogen-bond acceptors (Lipinski definition) is 1. The Labute approximate surface area is 81.5 Å². The minimum Gasteiger partial charge on any atom is -0.390 e. The van der Waals surface area contributed by atoms with Gasteiger partial charge in [-0.25, -0.2) is 0 Å². The third kappa shape index (κ3) is 1.03. The minimum absolute atomic E-state index is 0.338. The summed E-state index contributed by atoms with van der Waals surface area (Å²) >= 11 is 0. The van der Waals surface area contributed by atoms with Crippen LogP contribution in [0.3, 0.4) is 0 Å². The first-order valence-electron chi connectivity index (χ1n) is 5.61. The molecule has 0 aliphatic heterocycles. The van der Waals surface area contributed by atoms with Crippen molar-refractivity contribution in [3.05, 3.63) is 0 Å². The van der Waals surface area contributed by atoms with Crippen LogP contribution in [0.5, 0.6) is 0 Å². The second-order valence-electron chi connectivity index (χ2n) is 5.91. The fourth-order valence-electron chi connectivity index (χ4n) is 3.95. The standard InChI is InChI=1S/C12H22O/c1-8-11(2,3)9-6-5-7-10(9)12(8,4)13/h8-10,13H,5-7H2,1-4H3/t8-,9+,10+,12+/m1/s1. The van der Waals surface area contributed by atoms with Crippen molar-refractivity contribution in [3.8, 4) is 0 Å². The van der Waals surface area contributed by atoms with E-state index in [0.717, 1.165) is 5.92 Å². The highest BCUT2D eigenvalue weighted by Gasteiger charge is 2.60. The Hall–Kier alpha value is -0.0400. The van der Waals surface area contributed by atoms with Crippen molar-refractivity contribution in [1.29, 1.82) is 0 Å². The van der Waals surface area contributed by atoms with E-state index in [9.17, 15) is 5.11 Å². The second-order valence-corrected chi connectivity index (χ2v) is 5.91. The van der Waals surface area contributed by atoms with E-state index < -0.39 is 5.60 Å². The molecule has 0 bridgehead atoms. The van der Waals surface area contributed by atoms with Crippen LogP contribution in [0.1, 0.15) is 47.0 Å². The number of aliphatic hydroxyl groups is 1. The highest BCUT2D eigenvalue weighted by Crippen LogP contribution is 2.61. The number of hydrogen-bond donors (Lipinski definition) is 1. The predicted octanol–water partition coefficient (Wildman–Crippen LogP) is 2.83. The third-order valence-corrected chi connectivity index (χ3v) is 5.21. The van der Waals surface area contributed by atoms with Crippen LogP contribution in [0, 0.1) is 23.2 Å². The van der Waals surface area contributed by atoms with E-state index in [-0.39, 0.29) is 0 Å². The summed E-state index contributed by atoms with van der Waals surface area (Å²) in [7, 11) is 0. The van der Waals surface area contributed by atoms with Gasteiger partial charge in [-0.3, -0.25) is 0 Å². The monoisotopic (exact) mass is 182 g/mol. The molecule has 0 aromatic carbocycles. The Morgan fingerprint density at radius 3 is 2.15 bits per heavy atom. The molecule has 2 saturated carbocycles. The number of fused-ring (bicyclic) bond motifs is 1. The lowest BCUT2D eigenvalue weighted by Gasteiger charge is -2.34. The molecule has 0 radical (unpaired) electrons. The topological polar surface area (TPSA) is 20.2 Å². The zero-order chi connectivity index (χ0) is 9.85. The van der Waals surface area contributed by atoms with Gasteiger partial charge in [0.15, 0.2) is 0 Å². The molecule has 0 spiro atoms. The van der Waals surface area contributed by atoms with Gasteiger partial charge in [-0.05, 0) is 42.9 Å². The first kappa shape index (κ1) is 9.51. The molecule has 1 N–H and O–H groups in total. The molecule has 0 aromatic heterocycles. The molecule has 0 saturated heterocycles. The summed E-state index contributed by atoms with van der Waals surface area (Å²) in [4.78, 5) is 0. The lowest BCUT2D eigenvalue weighted by molar-refractivity contribution is -0.0271. The zero-order valence-corrected chi connectivity index (χ0v) is 9.30. The molecule has 0 amide bonds. The predicted molar refractivity (Wildman–Crippen MR) is 54.4 cm³/mol. The van der Waals surface area contributed by atoms with Crippen molar-refractivity contribution < 1.29 is 5.11 Å². The van der Waals surface area contributed by atoms with E-state index in [4.69, 9.17) is 0 Å². The number of rotatable bonds is 0. The van der Waals surface area contributed by atoms with E-state index >= 15 is 0 Å². The van der Waals surface area contributed by atoms with Gasteiger partial charge >= 0.3 is 0 Å². The summed E-state index contributed by atoms with van der Waals surface area (Å²) in [5.74, 6) is 1.77. The maximum absolute atomic E-state index is 10.5. The van der Waals surface area contributed by atoms with Gasteiger partial charge in [0.25, 0.3) is 0 Å². The first-order valence-corrected chi connectivity index (χ1v) is 5.61. The van der Waals surface area contributed by atoms with Crippen LogP contribution < -0.4 is 0 Å². The van der Waals surface area contributed by atoms with E-state index in [1.807, 2.05) is 0 Å². The lowest BCUT2D eigenvalue weighted by atomic mass is 9.74. The van der Waals surface area contributed by atoms with Crippen LogP contribution in [0.25, 0.3) is 0 Å². The average molecular weight is 182 g/mol. The first-order chi connectivity index (χ1) is 5.88. The van der Waals surface area contributed by atoms with Gasteiger partial charge in [-0.1, -0.05) is 27.2 Å².